The van der Waals surface area contributed by atoms with E-state index in [1.165, 1.54) is 6.07 Å². The van der Waals surface area contributed by atoms with Gasteiger partial charge >= 0.3 is 6.18 Å². The lowest BCUT2D eigenvalue weighted by molar-refractivity contribution is -0.140. The summed E-state index contributed by atoms with van der Waals surface area (Å²) < 4.78 is 51.1. The number of benzene rings is 1. The molecule has 0 bridgehead atoms. The van der Waals surface area contributed by atoms with Gasteiger partial charge in [0.25, 0.3) is 0 Å². The maximum atomic E-state index is 13.2. The summed E-state index contributed by atoms with van der Waals surface area (Å²) in [7, 11) is 0. The summed E-state index contributed by atoms with van der Waals surface area (Å²) in [5.74, 6) is -0.733. The van der Waals surface area contributed by atoms with Gasteiger partial charge in [-0.15, -0.1) is 0 Å². The highest BCUT2D eigenvalue weighted by Crippen LogP contribution is 2.67. The van der Waals surface area contributed by atoms with Crippen LogP contribution in [0.4, 0.5) is 17.6 Å². The van der Waals surface area contributed by atoms with Crippen molar-refractivity contribution in [1.82, 2.24) is 5.32 Å². The van der Waals surface area contributed by atoms with Crippen LogP contribution >= 0.6 is 0 Å². The van der Waals surface area contributed by atoms with Crippen molar-refractivity contribution in [3.8, 4) is 0 Å². The number of alkyl halides is 3. The minimum absolute atomic E-state index is 0.236. The fourth-order valence-electron chi connectivity index (χ4n) is 3.10. The van der Waals surface area contributed by atoms with Crippen molar-refractivity contribution >= 4 is 0 Å². The lowest BCUT2D eigenvalue weighted by Crippen LogP contribution is -2.19. The van der Waals surface area contributed by atoms with Crippen LogP contribution in [-0.2, 0) is 12.7 Å². The predicted molar refractivity (Wildman–Crippen MR) is 74.2 cm³/mol. The molecule has 1 N–H and O–H groups in total. The molecule has 1 aromatic carbocycles. The van der Waals surface area contributed by atoms with E-state index in [2.05, 4.69) is 33.0 Å². The number of nitrogens with one attached hydrogen (secondary N) is 1. The molecule has 0 amide bonds. The Balaban J connectivity index is 1.96. The van der Waals surface area contributed by atoms with E-state index in [0.29, 0.717) is 18.0 Å². The Labute approximate surface area is 122 Å². The normalized spacial score (nSPS) is 20.6. The standard InChI is InChI=1S/C16H21F4N/c1-14(2)13(15(14,3)4)9-21-8-10-5-6-12(17)11(7-10)16(18,19)20/h5-7,13,21H,8-9H2,1-4H3. The highest BCUT2D eigenvalue weighted by molar-refractivity contribution is 5.27. The molecule has 0 aliphatic heterocycles. The molecular weight excluding hydrogens is 282 g/mol. The minimum atomic E-state index is -4.65. The van der Waals surface area contributed by atoms with Crippen molar-refractivity contribution in [3.05, 3.63) is 35.1 Å². The van der Waals surface area contributed by atoms with E-state index >= 15 is 0 Å². The molecule has 118 valence electrons. The van der Waals surface area contributed by atoms with Crippen molar-refractivity contribution in [3.63, 3.8) is 0 Å². The first-order valence-electron chi connectivity index (χ1n) is 7.04. The van der Waals surface area contributed by atoms with Crippen LogP contribution in [0, 0.1) is 22.6 Å². The van der Waals surface area contributed by atoms with Crippen molar-refractivity contribution < 1.29 is 17.6 Å². The molecule has 2 rings (SSSR count). The Morgan fingerprint density at radius 3 is 2.14 bits per heavy atom. The number of hydrogen-bond donors (Lipinski definition) is 1. The Morgan fingerprint density at radius 1 is 1.10 bits per heavy atom. The van der Waals surface area contributed by atoms with Crippen LogP contribution < -0.4 is 5.32 Å². The number of halogens is 4. The molecule has 0 radical (unpaired) electrons. The van der Waals surface area contributed by atoms with Crippen LogP contribution in [0.15, 0.2) is 18.2 Å². The van der Waals surface area contributed by atoms with Crippen LogP contribution in [0.25, 0.3) is 0 Å². The summed E-state index contributed by atoms with van der Waals surface area (Å²) in [5, 5.41) is 3.18. The number of hydrogen-bond acceptors (Lipinski definition) is 1. The molecule has 1 fully saturated rings. The third-order valence-electron chi connectivity index (χ3n) is 5.33. The predicted octanol–water partition coefficient (Wildman–Crippen LogP) is 4.62. The molecule has 5 heteroatoms. The van der Waals surface area contributed by atoms with E-state index in [1.807, 2.05) is 0 Å². The second-order valence-corrected chi connectivity index (χ2v) is 6.94. The summed E-state index contributed by atoms with van der Waals surface area (Å²) in [5.41, 5.74) is -0.284. The average Bonchev–Trinajstić information content (AvgIpc) is 2.72. The SMILES string of the molecule is CC1(C)C(CNCc2ccc(F)c(C(F)(F)F)c2)C1(C)C. The van der Waals surface area contributed by atoms with E-state index in [9.17, 15) is 17.6 Å². The summed E-state index contributed by atoms with van der Waals surface area (Å²) >= 11 is 0. The summed E-state index contributed by atoms with van der Waals surface area (Å²) in [6.45, 7) is 9.83. The molecule has 0 heterocycles. The highest BCUT2D eigenvalue weighted by Gasteiger charge is 2.63. The van der Waals surface area contributed by atoms with Gasteiger partial charge in [-0.1, -0.05) is 33.8 Å². The lowest BCUT2D eigenvalue weighted by Gasteiger charge is -2.11. The zero-order valence-electron chi connectivity index (χ0n) is 12.7. The maximum Gasteiger partial charge on any atom is 0.419 e. The first kappa shape index (κ1) is 16.3. The molecule has 0 unspecified atom stereocenters. The second-order valence-electron chi connectivity index (χ2n) is 6.94. The van der Waals surface area contributed by atoms with E-state index in [-0.39, 0.29) is 10.8 Å². The van der Waals surface area contributed by atoms with Crippen molar-refractivity contribution in [2.45, 2.75) is 40.4 Å². The van der Waals surface area contributed by atoms with Gasteiger partial charge in [0.15, 0.2) is 0 Å². The van der Waals surface area contributed by atoms with E-state index in [1.54, 1.807) is 0 Å². The molecule has 1 aliphatic rings. The van der Waals surface area contributed by atoms with Gasteiger partial charge in [-0.05, 0) is 41.0 Å². The topological polar surface area (TPSA) is 12.0 Å². The molecule has 1 aromatic rings. The molecule has 0 saturated heterocycles. The summed E-state index contributed by atoms with van der Waals surface area (Å²) in [4.78, 5) is 0. The average molecular weight is 303 g/mol. The fourth-order valence-corrected chi connectivity index (χ4v) is 3.10. The van der Waals surface area contributed by atoms with Gasteiger partial charge in [-0.25, -0.2) is 4.39 Å². The Bertz CT molecular complexity index is 518. The van der Waals surface area contributed by atoms with Crippen molar-refractivity contribution in [1.29, 1.82) is 0 Å². The zero-order chi connectivity index (χ0) is 16.1. The van der Waals surface area contributed by atoms with Crippen LogP contribution in [0.2, 0.25) is 0 Å². The smallest absolute Gasteiger partial charge is 0.312 e. The monoisotopic (exact) mass is 303 g/mol. The first-order valence-corrected chi connectivity index (χ1v) is 7.04. The molecule has 1 nitrogen and oxygen atoms in total. The molecule has 0 aromatic heterocycles. The molecule has 21 heavy (non-hydrogen) atoms. The highest BCUT2D eigenvalue weighted by atomic mass is 19.4. The summed E-state index contributed by atoms with van der Waals surface area (Å²) in [6.07, 6.45) is -4.65. The van der Waals surface area contributed by atoms with Crippen LogP contribution in [0.5, 0.6) is 0 Å². The van der Waals surface area contributed by atoms with Crippen molar-refractivity contribution in [2.75, 3.05) is 6.54 Å². The Hall–Kier alpha value is -1.10. The second kappa shape index (κ2) is 4.97. The van der Waals surface area contributed by atoms with Gasteiger partial charge in [0.2, 0.25) is 0 Å². The van der Waals surface area contributed by atoms with E-state index < -0.39 is 17.6 Å². The van der Waals surface area contributed by atoms with Gasteiger partial charge in [0, 0.05) is 6.54 Å². The third kappa shape index (κ3) is 2.93. The first-order chi connectivity index (χ1) is 9.48. The fraction of sp³-hybridized carbons (Fsp3) is 0.625. The van der Waals surface area contributed by atoms with Crippen LogP contribution in [0.3, 0.4) is 0 Å². The molecule has 0 spiro atoms. The third-order valence-corrected chi connectivity index (χ3v) is 5.33. The van der Waals surface area contributed by atoms with E-state index in [0.717, 1.165) is 18.7 Å². The largest absolute Gasteiger partial charge is 0.419 e. The number of rotatable bonds is 4. The van der Waals surface area contributed by atoms with Crippen LogP contribution in [-0.4, -0.2) is 6.54 Å². The molecular formula is C16H21F4N. The molecule has 1 saturated carbocycles. The van der Waals surface area contributed by atoms with Gasteiger partial charge in [0.05, 0.1) is 5.56 Å². The molecule has 0 atom stereocenters. The van der Waals surface area contributed by atoms with Crippen LogP contribution in [0.1, 0.15) is 38.8 Å². The maximum absolute atomic E-state index is 13.2. The Morgan fingerprint density at radius 2 is 1.67 bits per heavy atom. The quantitative estimate of drug-likeness (QED) is 0.801. The minimum Gasteiger partial charge on any atom is -0.312 e. The van der Waals surface area contributed by atoms with E-state index in [4.69, 9.17) is 0 Å². The Kier molecular flexibility index (Phi) is 3.85. The van der Waals surface area contributed by atoms with Crippen molar-refractivity contribution in [2.24, 2.45) is 16.7 Å². The summed E-state index contributed by atoms with van der Waals surface area (Å²) in [6, 6.07) is 3.15. The van der Waals surface area contributed by atoms with Gasteiger partial charge in [0.1, 0.15) is 5.82 Å². The molecule has 1 aliphatic carbocycles. The van der Waals surface area contributed by atoms with Gasteiger partial charge in [-0.2, -0.15) is 13.2 Å². The lowest BCUT2D eigenvalue weighted by atomic mass is 10.0. The zero-order valence-corrected chi connectivity index (χ0v) is 12.7. The van der Waals surface area contributed by atoms with Gasteiger partial charge < -0.3 is 5.32 Å². The van der Waals surface area contributed by atoms with Gasteiger partial charge in [-0.3, -0.25) is 0 Å².